The molecule has 188 valence electrons. The second-order valence-corrected chi connectivity index (χ2v) is 10.3. The molecule has 37 heavy (non-hydrogen) atoms. The number of benzene rings is 3. The van der Waals surface area contributed by atoms with Gasteiger partial charge in [0.1, 0.15) is 11.1 Å². The smallest absolute Gasteiger partial charge is 0.262 e. The van der Waals surface area contributed by atoms with Gasteiger partial charge in [0.2, 0.25) is 5.91 Å². The second kappa shape index (κ2) is 10.7. The first-order chi connectivity index (χ1) is 17.9. The number of thioether (sulfide) groups is 1. The van der Waals surface area contributed by atoms with Gasteiger partial charge in [0.25, 0.3) is 5.91 Å². The van der Waals surface area contributed by atoms with E-state index < -0.39 is 11.1 Å². The van der Waals surface area contributed by atoms with Crippen LogP contribution in [0.4, 0.5) is 10.1 Å². The highest BCUT2D eigenvalue weighted by molar-refractivity contribution is 8.15. The second-order valence-electron chi connectivity index (χ2n) is 9.13. The fourth-order valence-corrected chi connectivity index (χ4v) is 5.44. The zero-order valence-electron chi connectivity index (χ0n) is 20.6. The number of amidine groups is 1. The van der Waals surface area contributed by atoms with E-state index in [0.717, 1.165) is 23.3 Å². The van der Waals surface area contributed by atoms with Crippen molar-refractivity contribution >= 4 is 40.1 Å². The molecule has 0 aromatic heterocycles. The van der Waals surface area contributed by atoms with Crippen LogP contribution in [0.1, 0.15) is 48.1 Å². The molecule has 0 aliphatic carbocycles. The van der Waals surface area contributed by atoms with Gasteiger partial charge in [0.05, 0.1) is 11.8 Å². The first-order valence-electron chi connectivity index (χ1n) is 12.3. The Kier molecular flexibility index (Phi) is 7.19. The topological polar surface area (TPSA) is 74.1 Å². The highest BCUT2D eigenvalue weighted by Gasteiger charge is 2.39. The number of aliphatic imine (C=N–C) groups is 1. The standard InChI is InChI=1S/C29H27FN4O2S/c1-3-19-10-12-21(13-11-19)25-16-24(20-7-5-4-6-8-20)33-34(25)29-32-28(36)26(37-29)17-27(35)31-22-14-9-18(2)23(30)15-22/h4-15,25-26H,3,16-17H2,1-2H3,(H,31,35)/t25-,26-/m1/s1. The molecular formula is C29H27FN4O2S. The van der Waals surface area contributed by atoms with Gasteiger partial charge in [-0.15, -0.1) is 0 Å². The molecule has 2 atom stereocenters. The summed E-state index contributed by atoms with van der Waals surface area (Å²) in [5, 5.41) is 9.20. The number of nitrogens with one attached hydrogen (secondary N) is 1. The van der Waals surface area contributed by atoms with Crippen molar-refractivity contribution < 1.29 is 14.0 Å². The zero-order valence-corrected chi connectivity index (χ0v) is 21.5. The summed E-state index contributed by atoms with van der Waals surface area (Å²) >= 11 is 1.25. The minimum absolute atomic E-state index is 0.0645. The van der Waals surface area contributed by atoms with Crippen molar-refractivity contribution in [2.75, 3.05) is 5.32 Å². The number of hydrogen-bond donors (Lipinski definition) is 1. The van der Waals surface area contributed by atoms with E-state index in [4.69, 9.17) is 5.10 Å². The lowest BCUT2D eigenvalue weighted by Crippen LogP contribution is -2.25. The van der Waals surface area contributed by atoms with Gasteiger partial charge in [-0.05, 0) is 47.7 Å². The molecule has 0 fully saturated rings. The number of hydrogen-bond acceptors (Lipinski definition) is 5. The van der Waals surface area contributed by atoms with Crippen LogP contribution in [0.25, 0.3) is 0 Å². The molecule has 1 N–H and O–H groups in total. The van der Waals surface area contributed by atoms with Gasteiger partial charge < -0.3 is 5.32 Å². The third-order valence-corrected chi connectivity index (χ3v) is 7.68. The molecule has 3 aromatic rings. The Labute approximate surface area is 219 Å². The van der Waals surface area contributed by atoms with Crippen LogP contribution in [0.2, 0.25) is 0 Å². The first kappa shape index (κ1) is 24.9. The Balaban J connectivity index is 1.34. The number of halogens is 1. The fourth-order valence-electron chi connectivity index (χ4n) is 4.38. The third-order valence-electron chi connectivity index (χ3n) is 6.54. The molecule has 0 saturated carbocycles. The van der Waals surface area contributed by atoms with Crippen LogP contribution in [0, 0.1) is 12.7 Å². The monoisotopic (exact) mass is 514 g/mol. The molecule has 8 heteroatoms. The summed E-state index contributed by atoms with van der Waals surface area (Å²) in [7, 11) is 0. The normalized spacial score (nSPS) is 19.1. The molecule has 5 rings (SSSR count). The predicted molar refractivity (Wildman–Crippen MR) is 146 cm³/mol. The number of anilines is 1. The molecule has 0 spiro atoms. The van der Waals surface area contributed by atoms with Crippen molar-refractivity contribution in [3.63, 3.8) is 0 Å². The van der Waals surface area contributed by atoms with Gasteiger partial charge in [-0.1, -0.05) is 79.3 Å². The van der Waals surface area contributed by atoms with Crippen LogP contribution in [-0.4, -0.2) is 33.0 Å². The highest BCUT2D eigenvalue weighted by Crippen LogP contribution is 2.38. The number of hydrazone groups is 1. The van der Waals surface area contributed by atoms with Gasteiger partial charge in [0, 0.05) is 18.5 Å². The Hall–Kier alpha value is -3.78. The van der Waals surface area contributed by atoms with E-state index >= 15 is 0 Å². The summed E-state index contributed by atoms with van der Waals surface area (Å²) < 4.78 is 13.8. The van der Waals surface area contributed by atoms with E-state index in [-0.39, 0.29) is 24.3 Å². The van der Waals surface area contributed by atoms with Crippen LogP contribution >= 0.6 is 11.8 Å². The summed E-state index contributed by atoms with van der Waals surface area (Å²) in [6, 6.07) is 22.8. The Morgan fingerprint density at radius 3 is 2.57 bits per heavy atom. The van der Waals surface area contributed by atoms with E-state index in [1.807, 2.05) is 35.3 Å². The summed E-state index contributed by atoms with van der Waals surface area (Å²) in [6.45, 7) is 3.78. The van der Waals surface area contributed by atoms with E-state index in [1.54, 1.807) is 19.1 Å². The van der Waals surface area contributed by atoms with Crippen LogP contribution in [0.15, 0.2) is 82.9 Å². The van der Waals surface area contributed by atoms with Gasteiger partial charge in [-0.25, -0.2) is 9.40 Å². The minimum Gasteiger partial charge on any atom is -0.326 e. The lowest BCUT2D eigenvalue weighted by atomic mass is 9.97. The molecule has 2 aliphatic rings. The molecule has 2 aliphatic heterocycles. The molecule has 3 aromatic carbocycles. The molecule has 0 saturated heterocycles. The van der Waals surface area contributed by atoms with Crippen LogP contribution in [0.3, 0.4) is 0 Å². The fraction of sp³-hybridized carbons (Fsp3) is 0.241. The summed E-state index contributed by atoms with van der Waals surface area (Å²) in [4.78, 5) is 29.7. The maximum Gasteiger partial charge on any atom is 0.262 e. The van der Waals surface area contributed by atoms with Crippen molar-refractivity contribution in [1.82, 2.24) is 5.01 Å². The molecule has 0 bridgehead atoms. The molecular weight excluding hydrogens is 487 g/mol. The Morgan fingerprint density at radius 2 is 1.86 bits per heavy atom. The number of amides is 2. The third kappa shape index (κ3) is 5.49. The number of carbonyl (C=O) groups is 2. The van der Waals surface area contributed by atoms with E-state index in [0.29, 0.717) is 22.8 Å². The van der Waals surface area contributed by atoms with Crippen molar-refractivity contribution in [3.8, 4) is 0 Å². The summed E-state index contributed by atoms with van der Waals surface area (Å²) in [5.41, 5.74) is 5.14. The lowest BCUT2D eigenvalue weighted by Gasteiger charge is -2.23. The molecule has 2 heterocycles. The molecule has 2 amide bonds. The zero-order chi connectivity index (χ0) is 25.9. The van der Waals surface area contributed by atoms with Gasteiger partial charge in [0.15, 0.2) is 5.17 Å². The minimum atomic E-state index is -0.663. The predicted octanol–water partition coefficient (Wildman–Crippen LogP) is 5.87. The number of carbonyl (C=O) groups excluding carboxylic acids is 2. The number of nitrogens with zero attached hydrogens (tertiary/aromatic N) is 3. The van der Waals surface area contributed by atoms with Gasteiger partial charge >= 0.3 is 0 Å². The Bertz CT molecular complexity index is 1390. The van der Waals surface area contributed by atoms with Crippen molar-refractivity contribution in [2.45, 2.75) is 44.4 Å². The number of aryl methyl sites for hydroxylation is 2. The molecule has 0 radical (unpaired) electrons. The first-order valence-corrected chi connectivity index (χ1v) is 13.2. The largest absolute Gasteiger partial charge is 0.326 e. The van der Waals surface area contributed by atoms with Gasteiger partial charge in [-0.3, -0.25) is 9.59 Å². The van der Waals surface area contributed by atoms with Gasteiger partial charge in [-0.2, -0.15) is 10.1 Å². The SMILES string of the molecule is CCc1ccc([C@H]2CC(c3ccccc3)=NN2C2=NC(=O)[C@@H](CC(=O)Nc3ccc(C)c(F)c3)S2)cc1. The van der Waals surface area contributed by atoms with Crippen molar-refractivity contribution in [2.24, 2.45) is 10.1 Å². The molecule has 0 unspecified atom stereocenters. The van der Waals surface area contributed by atoms with E-state index in [2.05, 4.69) is 41.5 Å². The summed E-state index contributed by atoms with van der Waals surface area (Å²) in [5.74, 6) is -1.13. The van der Waals surface area contributed by atoms with Crippen LogP contribution in [0.5, 0.6) is 0 Å². The maximum absolute atomic E-state index is 13.8. The maximum atomic E-state index is 13.8. The average Bonchev–Trinajstić information content (AvgIpc) is 3.51. The molecule has 6 nitrogen and oxygen atoms in total. The summed E-state index contributed by atoms with van der Waals surface area (Å²) in [6.07, 6.45) is 1.56. The quantitative estimate of drug-likeness (QED) is 0.446. The number of rotatable bonds is 6. The van der Waals surface area contributed by atoms with Crippen molar-refractivity contribution in [1.29, 1.82) is 0 Å². The van der Waals surface area contributed by atoms with Crippen LogP contribution < -0.4 is 5.32 Å². The van der Waals surface area contributed by atoms with Crippen molar-refractivity contribution in [3.05, 3.63) is 101 Å². The van der Waals surface area contributed by atoms with E-state index in [9.17, 15) is 14.0 Å². The van der Waals surface area contributed by atoms with Crippen LogP contribution in [-0.2, 0) is 16.0 Å². The average molecular weight is 515 g/mol. The lowest BCUT2D eigenvalue weighted by molar-refractivity contribution is -0.121. The Morgan fingerprint density at radius 1 is 1.11 bits per heavy atom. The van der Waals surface area contributed by atoms with E-state index in [1.165, 1.54) is 23.4 Å². The highest BCUT2D eigenvalue weighted by atomic mass is 32.2.